The number of benzene rings is 3. The van der Waals surface area contributed by atoms with Crippen LogP contribution in [0.5, 0.6) is 17.2 Å². The number of rotatable bonds is 6. The first kappa shape index (κ1) is 20.9. The van der Waals surface area contributed by atoms with Gasteiger partial charge in [0.1, 0.15) is 0 Å². The molecule has 1 heterocycles. The highest BCUT2D eigenvalue weighted by molar-refractivity contribution is 9.10. The van der Waals surface area contributed by atoms with Crippen LogP contribution in [-0.2, 0) is 0 Å². The van der Waals surface area contributed by atoms with Gasteiger partial charge in [0.15, 0.2) is 17.3 Å². The molecule has 0 N–H and O–H groups in total. The van der Waals surface area contributed by atoms with Crippen LogP contribution in [0.4, 0.5) is 0 Å². The SMILES string of the molecule is COc1cc(-c2cc(-c3ccc(Br)cc3)nc(-c3ccccc3)n2)cc(OC)c1OC. The number of nitrogens with zero attached hydrogens (tertiary/aromatic N) is 2. The van der Waals surface area contributed by atoms with Crippen molar-refractivity contribution in [1.82, 2.24) is 9.97 Å². The normalized spacial score (nSPS) is 10.6. The molecule has 0 radical (unpaired) electrons. The van der Waals surface area contributed by atoms with Crippen molar-refractivity contribution in [2.45, 2.75) is 0 Å². The van der Waals surface area contributed by atoms with E-state index in [9.17, 15) is 0 Å². The van der Waals surface area contributed by atoms with Gasteiger partial charge in [0, 0.05) is 21.2 Å². The Labute approximate surface area is 189 Å². The maximum absolute atomic E-state index is 5.53. The number of methoxy groups -OCH3 is 3. The van der Waals surface area contributed by atoms with Crippen LogP contribution in [-0.4, -0.2) is 31.3 Å². The van der Waals surface area contributed by atoms with Gasteiger partial charge in [-0.25, -0.2) is 9.97 Å². The van der Waals surface area contributed by atoms with E-state index in [1.54, 1.807) is 21.3 Å². The molecule has 0 saturated carbocycles. The summed E-state index contributed by atoms with van der Waals surface area (Å²) in [6, 6.07) is 23.7. The van der Waals surface area contributed by atoms with Gasteiger partial charge in [-0.3, -0.25) is 0 Å². The highest BCUT2D eigenvalue weighted by Gasteiger charge is 2.17. The Balaban J connectivity index is 1.93. The summed E-state index contributed by atoms with van der Waals surface area (Å²) in [6.07, 6.45) is 0. The minimum absolute atomic E-state index is 0.541. The molecule has 3 aromatic carbocycles. The van der Waals surface area contributed by atoms with E-state index in [0.717, 1.165) is 32.6 Å². The molecule has 4 aromatic rings. The van der Waals surface area contributed by atoms with Crippen LogP contribution in [0, 0.1) is 0 Å². The molecular weight excluding hydrogens is 456 g/mol. The van der Waals surface area contributed by atoms with Crippen LogP contribution in [0.3, 0.4) is 0 Å². The Morgan fingerprint density at radius 3 is 1.74 bits per heavy atom. The van der Waals surface area contributed by atoms with Gasteiger partial charge < -0.3 is 14.2 Å². The second-order valence-corrected chi connectivity index (χ2v) is 7.66. The van der Waals surface area contributed by atoms with Crippen LogP contribution in [0.1, 0.15) is 0 Å². The molecule has 0 spiro atoms. The quantitative estimate of drug-likeness (QED) is 0.328. The molecule has 0 aliphatic heterocycles. The largest absolute Gasteiger partial charge is 0.493 e. The summed E-state index contributed by atoms with van der Waals surface area (Å²) in [5.74, 6) is 2.33. The van der Waals surface area contributed by atoms with Crippen molar-refractivity contribution < 1.29 is 14.2 Å². The second-order valence-electron chi connectivity index (χ2n) is 6.75. The molecular formula is C25H21BrN2O3. The smallest absolute Gasteiger partial charge is 0.203 e. The Morgan fingerprint density at radius 2 is 1.19 bits per heavy atom. The molecule has 0 fully saturated rings. The predicted molar refractivity (Wildman–Crippen MR) is 126 cm³/mol. The molecule has 4 rings (SSSR count). The summed E-state index contributed by atoms with van der Waals surface area (Å²) in [4.78, 5) is 9.69. The van der Waals surface area contributed by atoms with Gasteiger partial charge in [-0.05, 0) is 30.3 Å². The van der Waals surface area contributed by atoms with Crippen molar-refractivity contribution in [1.29, 1.82) is 0 Å². The van der Waals surface area contributed by atoms with Crippen molar-refractivity contribution in [3.8, 4) is 51.2 Å². The highest BCUT2D eigenvalue weighted by Crippen LogP contribution is 2.41. The molecule has 156 valence electrons. The van der Waals surface area contributed by atoms with E-state index in [1.807, 2.05) is 72.8 Å². The Hall–Kier alpha value is -3.38. The van der Waals surface area contributed by atoms with Crippen LogP contribution < -0.4 is 14.2 Å². The standard InChI is InChI=1S/C25H21BrN2O3/c1-29-22-13-18(14-23(30-2)24(22)31-3)21-15-20(16-9-11-19(26)12-10-16)27-25(28-21)17-7-5-4-6-8-17/h4-15H,1-3H3. The van der Waals surface area contributed by atoms with E-state index in [4.69, 9.17) is 24.2 Å². The molecule has 0 saturated heterocycles. The number of hydrogen-bond donors (Lipinski definition) is 0. The fourth-order valence-electron chi connectivity index (χ4n) is 3.31. The van der Waals surface area contributed by atoms with Gasteiger partial charge in [0.05, 0.1) is 32.7 Å². The first-order valence-electron chi connectivity index (χ1n) is 9.63. The minimum atomic E-state index is 0.541. The molecule has 0 amide bonds. The first-order valence-corrected chi connectivity index (χ1v) is 10.4. The third-order valence-corrected chi connectivity index (χ3v) is 5.39. The number of ether oxygens (including phenoxy) is 3. The van der Waals surface area contributed by atoms with Crippen molar-refractivity contribution in [3.63, 3.8) is 0 Å². The van der Waals surface area contributed by atoms with Crippen LogP contribution >= 0.6 is 15.9 Å². The maximum Gasteiger partial charge on any atom is 0.203 e. The Morgan fingerprint density at radius 1 is 0.613 bits per heavy atom. The van der Waals surface area contributed by atoms with Crippen molar-refractivity contribution in [2.75, 3.05) is 21.3 Å². The third-order valence-electron chi connectivity index (χ3n) is 4.86. The van der Waals surface area contributed by atoms with Crippen molar-refractivity contribution in [3.05, 3.63) is 77.3 Å². The van der Waals surface area contributed by atoms with Crippen LogP contribution in [0.25, 0.3) is 33.9 Å². The molecule has 0 bridgehead atoms. The van der Waals surface area contributed by atoms with Crippen LogP contribution in [0.15, 0.2) is 77.3 Å². The van der Waals surface area contributed by atoms with Gasteiger partial charge in [-0.2, -0.15) is 0 Å². The summed E-state index contributed by atoms with van der Waals surface area (Å²) < 4.78 is 17.5. The molecule has 6 heteroatoms. The summed E-state index contributed by atoms with van der Waals surface area (Å²) in [5, 5.41) is 0. The molecule has 0 atom stereocenters. The molecule has 0 aliphatic carbocycles. The average molecular weight is 477 g/mol. The fraction of sp³-hybridized carbons (Fsp3) is 0.120. The summed E-state index contributed by atoms with van der Waals surface area (Å²) in [5.41, 5.74) is 4.36. The van der Waals surface area contributed by atoms with E-state index >= 15 is 0 Å². The van der Waals surface area contributed by atoms with Gasteiger partial charge in [-0.15, -0.1) is 0 Å². The summed E-state index contributed by atoms with van der Waals surface area (Å²) >= 11 is 3.49. The molecule has 0 unspecified atom stereocenters. The minimum Gasteiger partial charge on any atom is -0.493 e. The lowest BCUT2D eigenvalue weighted by atomic mass is 10.1. The Bertz CT molecular complexity index is 1170. The van der Waals surface area contributed by atoms with Crippen molar-refractivity contribution in [2.24, 2.45) is 0 Å². The zero-order chi connectivity index (χ0) is 21.8. The van der Waals surface area contributed by atoms with Gasteiger partial charge >= 0.3 is 0 Å². The van der Waals surface area contributed by atoms with Crippen molar-refractivity contribution >= 4 is 15.9 Å². The lowest BCUT2D eigenvalue weighted by Crippen LogP contribution is -1.98. The Kier molecular flexibility index (Phi) is 6.18. The van der Waals surface area contributed by atoms with E-state index < -0.39 is 0 Å². The summed E-state index contributed by atoms with van der Waals surface area (Å²) in [6.45, 7) is 0. The maximum atomic E-state index is 5.53. The van der Waals surface area contributed by atoms with E-state index in [-0.39, 0.29) is 0 Å². The molecule has 1 aromatic heterocycles. The lowest BCUT2D eigenvalue weighted by Gasteiger charge is -2.15. The average Bonchev–Trinajstić information content (AvgIpc) is 2.83. The molecule has 5 nitrogen and oxygen atoms in total. The number of hydrogen-bond acceptors (Lipinski definition) is 5. The number of halogens is 1. The zero-order valence-electron chi connectivity index (χ0n) is 17.4. The zero-order valence-corrected chi connectivity index (χ0v) is 19.0. The van der Waals surface area contributed by atoms with Gasteiger partial charge in [-0.1, -0.05) is 58.4 Å². The van der Waals surface area contributed by atoms with Gasteiger partial charge in [0.25, 0.3) is 0 Å². The van der Waals surface area contributed by atoms with Gasteiger partial charge in [0.2, 0.25) is 5.75 Å². The predicted octanol–water partition coefficient (Wildman–Crippen LogP) is 6.27. The van der Waals surface area contributed by atoms with E-state index in [0.29, 0.717) is 23.1 Å². The fourth-order valence-corrected chi connectivity index (χ4v) is 3.57. The number of aromatic nitrogens is 2. The van der Waals surface area contributed by atoms with Crippen LogP contribution in [0.2, 0.25) is 0 Å². The molecule has 0 aliphatic rings. The topological polar surface area (TPSA) is 53.5 Å². The monoisotopic (exact) mass is 476 g/mol. The second kappa shape index (κ2) is 9.18. The van der Waals surface area contributed by atoms with E-state index in [2.05, 4.69) is 15.9 Å². The third kappa shape index (κ3) is 4.39. The summed E-state index contributed by atoms with van der Waals surface area (Å²) in [7, 11) is 4.79. The molecule has 31 heavy (non-hydrogen) atoms. The highest BCUT2D eigenvalue weighted by atomic mass is 79.9. The lowest BCUT2D eigenvalue weighted by molar-refractivity contribution is 0.324. The first-order chi connectivity index (χ1) is 15.1. The van der Waals surface area contributed by atoms with E-state index in [1.165, 1.54) is 0 Å².